The highest BCUT2D eigenvalue weighted by atomic mass is 16.6. The number of nitrogens with zero attached hydrogens (tertiary/aromatic N) is 2. The molecule has 0 unspecified atom stereocenters. The van der Waals surface area contributed by atoms with Crippen LogP contribution in [0.15, 0.2) is 48.5 Å². The van der Waals surface area contributed by atoms with Gasteiger partial charge in [0.15, 0.2) is 0 Å². The highest BCUT2D eigenvalue weighted by Crippen LogP contribution is 2.24. The molecule has 4 rings (SSSR count). The minimum absolute atomic E-state index is 0.753. The molecule has 0 amide bonds. The molecule has 0 bridgehead atoms. The summed E-state index contributed by atoms with van der Waals surface area (Å²) in [5.74, 6) is 1.51. The Hall–Kier alpha value is -2.38. The molecular formula is C20H24BN2O4. The van der Waals surface area contributed by atoms with Crippen molar-refractivity contribution in [2.24, 2.45) is 0 Å². The van der Waals surface area contributed by atoms with E-state index in [0.717, 1.165) is 75.5 Å². The third kappa shape index (κ3) is 4.87. The zero-order valence-corrected chi connectivity index (χ0v) is 15.4. The average molecular weight is 367 g/mol. The fourth-order valence-electron chi connectivity index (χ4n) is 3.29. The van der Waals surface area contributed by atoms with Gasteiger partial charge in [0.05, 0.1) is 26.4 Å². The topological polar surface area (TPSA) is 43.4 Å². The lowest BCUT2D eigenvalue weighted by Gasteiger charge is -2.29. The maximum atomic E-state index is 5.69. The van der Waals surface area contributed by atoms with Crippen LogP contribution in [0.1, 0.15) is 0 Å². The Morgan fingerprint density at radius 1 is 0.667 bits per heavy atom. The van der Waals surface area contributed by atoms with Crippen LogP contribution in [0.2, 0.25) is 0 Å². The highest BCUT2D eigenvalue weighted by Gasteiger charge is 2.13. The standard InChI is InChI=1S/C20H24BN2O4/c1-3-17(22-7-11-24-12-8-22)15-19(5-1)26-21-27-20-6-2-4-18(16-20)23-9-13-25-14-10-23/h1-6,15-16H,7-14H2. The lowest BCUT2D eigenvalue weighted by Crippen LogP contribution is -2.36. The van der Waals surface area contributed by atoms with Crippen molar-refractivity contribution in [3.05, 3.63) is 48.5 Å². The highest BCUT2D eigenvalue weighted by molar-refractivity contribution is 6.20. The number of morpholine rings is 2. The molecule has 2 aromatic rings. The van der Waals surface area contributed by atoms with Gasteiger partial charge >= 0.3 is 7.69 Å². The number of benzene rings is 2. The van der Waals surface area contributed by atoms with Crippen LogP contribution in [0.4, 0.5) is 11.4 Å². The number of ether oxygens (including phenoxy) is 2. The molecule has 7 heteroatoms. The van der Waals surface area contributed by atoms with Crippen LogP contribution < -0.4 is 19.1 Å². The fraction of sp³-hybridized carbons (Fsp3) is 0.400. The summed E-state index contributed by atoms with van der Waals surface area (Å²) < 4.78 is 22.2. The van der Waals surface area contributed by atoms with E-state index in [9.17, 15) is 0 Å². The van der Waals surface area contributed by atoms with Gasteiger partial charge in [-0.15, -0.1) is 0 Å². The summed E-state index contributed by atoms with van der Waals surface area (Å²) in [6.45, 7) is 6.66. The SMILES string of the molecule is [B](Oc1cccc(N2CCOCC2)c1)Oc1cccc(N2CCOCC2)c1. The van der Waals surface area contributed by atoms with Crippen LogP contribution in [0.3, 0.4) is 0 Å². The molecule has 0 aromatic heterocycles. The van der Waals surface area contributed by atoms with Crippen LogP contribution in [0.5, 0.6) is 11.5 Å². The molecule has 6 nitrogen and oxygen atoms in total. The van der Waals surface area contributed by atoms with E-state index in [1.54, 1.807) is 0 Å². The number of hydrogen-bond donors (Lipinski definition) is 0. The predicted molar refractivity (Wildman–Crippen MR) is 106 cm³/mol. The van der Waals surface area contributed by atoms with Gasteiger partial charge in [-0.1, -0.05) is 12.1 Å². The van der Waals surface area contributed by atoms with E-state index in [1.165, 1.54) is 7.69 Å². The lowest BCUT2D eigenvalue weighted by atomic mass is 10.2. The van der Waals surface area contributed by atoms with Crippen LogP contribution in [0, 0.1) is 0 Å². The molecule has 27 heavy (non-hydrogen) atoms. The molecule has 2 heterocycles. The van der Waals surface area contributed by atoms with E-state index in [1.807, 2.05) is 36.4 Å². The van der Waals surface area contributed by atoms with Crippen LogP contribution in [-0.4, -0.2) is 60.3 Å². The first-order valence-electron chi connectivity index (χ1n) is 9.39. The molecule has 2 aliphatic heterocycles. The zero-order valence-electron chi connectivity index (χ0n) is 15.4. The Morgan fingerprint density at radius 2 is 1.11 bits per heavy atom. The van der Waals surface area contributed by atoms with Crippen molar-refractivity contribution in [2.45, 2.75) is 0 Å². The largest absolute Gasteiger partial charge is 0.658 e. The van der Waals surface area contributed by atoms with Crippen LogP contribution >= 0.6 is 0 Å². The van der Waals surface area contributed by atoms with E-state index in [4.69, 9.17) is 18.8 Å². The van der Waals surface area contributed by atoms with Crippen LogP contribution in [-0.2, 0) is 9.47 Å². The molecular weight excluding hydrogens is 343 g/mol. The van der Waals surface area contributed by atoms with Crippen molar-refractivity contribution >= 4 is 19.1 Å². The van der Waals surface area contributed by atoms with Crippen molar-refractivity contribution in [3.63, 3.8) is 0 Å². The Bertz CT molecular complexity index is 672. The van der Waals surface area contributed by atoms with Crippen molar-refractivity contribution in [2.75, 3.05) is 62.4 Å². The molecule has 141 valence electrons. The molecule has 0 saturated carbocycles. The van der Waals surface area contributed by atoms with Gasteiger partial charge in [0, 0.05) is 49.7 Å². The van der Waals surface area contributed by atoms with Crippen molar-refractivity contribution in [3.8, 4) is 11.5 Å². The first-order chi connectivity index (χ1) is 13.4. The smallest absolute Gasteiger partial charge is 0.526 e. The molecule has 2 fully saturated rings. The van der Waals surface area contributed by atoms with Crippen molar-refractivity contribution in [1.29, 1.82) is 0 Å². The zero-order chi connectivity index (χ0) is 18.3. The second-order valence-corrected chi connectivity index (χ2v) is 6.53. The van der Waals surface area contributed by atoms with Gasteiger partial charge in [-0.05, 0) is 24.3 Å². The minimum atomic E-state index is 0.753. The molecule has 1 radical (unpaired) electrons. The van der Waals surface area contributed by atoms with Gasteiger partial charge in [-0.2, -0.15) is 0 Å². The molecule has 0 atom stereocenters. The summed E-state index contributed by atoms with van der Waals surface area (Å²) in [6.07, 6.45) is 0. The van der Waals surface area contributed by atoms with Crippen molar-refractivity contribution < 1.29 is 18.8 Å². The molecule has 2 aliphatic rings. The van der Waals surface area contributed by atoms with Crippen molar-refractivity contribution in [1.82, 2.24) is 0 Å². The Balaban J connectivity index is 1.32. The normalized spacial score (nSPS) is 17.5. The summed E-state index contributed by atoms with van der Waals surface area (Å²) in [5.41, 5.74) is 2.28. The summed E-state index contributed by atoms with van der Waals surface area (Å²) >= 11 is 0. The Morgan fingerprint density at radius 3 is 1.56 bits per heavy atom. The molecule has 2 aromatic carbocycles. The maximum absolute atomic E-state index is 5.69. The summed E-state index contributed by atoms with van der Waals surface area (Å²) in [7, 11) is 1.39. The maximum Gasteiger partial charge on any atom is 0.658 e. The third-order valence-electron chi connectivity index (χ3n) is 4.76. The van der Waals surface area contributed by atoms with E-state index < -0.39 is 0 Å². The van der Waals surface area contributed by atoms with Gasteiger partial charge in [-0.3, -0.25) is 0 Å². The van der Waals surface area contributed by atoms with Gasteiger partial charge in [0.25, 0.3) is 0 Å². The monoisotopic (exact) mass is 367 g/mol. The summed E-state index contributed by atoms with van der Waals surface area (Å²) in [6, 6.07) is 16.1. The quantitative estimate of drug-likeness (QED) is 0.731. The van der Waals surface area contributed by atoms with Gasteiger partial charge in [0.1, 0.15) is 11.5 Å². The minimum Gasteiger partial charge on any atom is -0.526 e. The van der Waals surface area contributed by atoms with E-state index in [-0.39, 0.29) is 0 Å². The summed E-state index contributed by atoms with van der Waals surface area (Å²) in [5, 5.41) is 0. The third-order valence-corrected chi connectivity index (χ3v) is 4.76. The predicted octanol–water partition coefficient (Wildman–Crippen LogP) is 2.35. The first kappa shape index (κ1) is 18.0. The van der Waals surface area contributed by atoms with Gasteiger partial charge < -0.3 is 28.6 Å². The van der Waals surface area contributed by atoms with E-state index in [0.29, 0.717) is 0 Å². The van der Waals surface area contributed by atoms with Gasteiger partial charge in [-0.25, -0.2) is 0 Å². The summed E-state index contributed by atoms with van der Waals surface area (Å²) in [4.78, 5) is 4.59. The van der Waals surface area contributed by atoms with Crippen LogP contribution in [0.25, 0.3) is 0 Å². The fourth-order valence-corrected chi connectivity index (χ4v) is 3.29. The van der Waals surface area contributed by atoms with E-state index >= 15 is 0 Å². The molecule has 0 spiro atoms. The Kier molecular flexibility index (Phi) is 6.01. The average Bonchev–Trinajstić information content (AvgIpc) is 2.75. The second-order valence-electron chi connectivity index (χ2n) is 6.53. The lowest BCUT2D eigenvalue weighted by molar-refractivity contribution is 0.122. The first-order valence-corrected chi connectivity index (χ1v) is 9.39. The molecule has 0 aliphatic carbocycles. The molecule has 0 N–H and O–H groups in total. The Labute approximate surface area is 160 Å². The number of hydrogen-bond acceptors (Lipinski definition) is 6. The van der Waals surface area contributed by atoms with E-state index in [2.05, 4.69) is 21.9 Å². The number of rotatable bonds is 6. The second kappa shape index (κ2) is 9.02. The number of anilines is 2. The molecule has 2 saturated heterocycles. The van der Waals surface area contributed by atoms with Gasteiger partial charge in [0.2, 0.25) is 0 Å².